The maximum atomic E-state index is 5.41. The predicted octanol–water partition coefficient (Wildman–Crippen LogP) is 5.18. The van der Waals surface area contributed by atoms with E-state index in [1.54, 1.807) is 6.33 Å². The van der Waals surface area contributed by atoms with E-state index in [0.717, 1.165) is 33.8 Å². The van der Waals surface area contributed by atoms with E-state index in [0.29, 0.717) is 5.11 Å². The zero-order chi connectivity index (χ0) is 18.5. The van der Waals surface area contributed by atoms with Gasteiger partial charge in [-0.15, -0.1) is 0 Å². The Labute approximate surface area is 162 Å². The zero-order valence-corrected chi connectivity index (χ0v) is 15.2. The standard InChI is InChI=1S/C21H17N5S/c27-21(25-16-9-5-2-6-10-16)26-17-11-12-19-18(13-17)20(23-14-22-19)24-15-7-3-1-4-8-15/h1-14H,(H,22,23,24)(H2,25,26,27). The number of para-hydroxylation sites is 2. The van der Waals surface area contributed by atoms with Crippen LogP contribution in [0, 0.1) is 0 Å². The molecule has 0 aliphatic heterocycles. The summed E-state index contributed by atoms with van der Waals surface area (Å²) in [5, 5.41) is 11.2. The second-order valence-corrected chi connectivity index (χ2v) is 6.30. The molecule has 0 bridgehead atoms. The van der Waals surface area contributed by atoms with Crippen molar-refractivity contribution >= 4 is 51.1 Å². The van der Waals surface area contributed by atoms with Gasteiger partial charge in [0.25, 0.3) is 0 Å². The molecule has 0 atom stereocenters. The van der Waals surface area contributed by atoms with E-state index in [1.165, 1.54) is 0 Å². The summed E-state index contributed by atoms with van der Waals surface area (Å²) in [6.45, 7) is 0. The van der Waals surface area contributed by atoms with Gasteiger partial charge in [-0.25, -0.2) is 9.97 Å². The molecule has 0 aliphatic rings. The number of nitrogens with zero attached hydrogens (tertiary/aromatic N) is 2. The van der Waals surface area contributed by atoms with Gasteiger partial charge in [-0.1, -0.05) is 36.4 Å². The molecule has 4 aromatic rings. The van der Waals surface area contributed by atoms with Crippen molar-refractivity contribution in [2.24, 2.45) is 0 Å². The van der Waals surface area contributed by atoms with Gasteiger partial charge in [0.05, 0.1) is 5.52 Å². The van der Waals surface area contributed by atoms with Crippen LogP contribution in [0.25, 0.3) is 10.9 Å². The van der Waals surface area contributed by atoms with Gasteiger partial charge in [0, 0.05) is 22.4 Å². The Hall–Kier alpha value is -3.51. The number of benzene rings is 3. The van der Waals surface area contributed by atoms with Gasteiger partial charge < -0.3 is 16.0 Å². The number of hydrogen-bond donors (Lipinski definition) is 3. The summed E-state index contributed by atoms with van der Waals surface area (Å²) in [7, 11) is 0. The molecule has 6 heteroatoms. The largest absolute Gasteiger partial charge is 0.340 e. The highest BCUT2D eigenvalue weighted by atomic mass is 32.1. The first-order valence-electron chi connectivity index (χ1n) is 8.48. The molecule has 1 aromatic heterocycles. The van der Waals surface area contributed by atoms with E-state index in [4.69, 9.17) is 12.2 Å². The SMILES string of the molecule is S=C(Nc1ccccc1)Nc1ccc2ncnc(Nc3ccccc3)c2c1. The lowest BCUT2D eigenvalue weighted by Crippen LogP contribution is -2.18. The Morgan fingerprint density at radius 2 is 1.37 bits per heavy atom. The molecule has 0 fully saturated rings. The fourth-order valence-electron chi connectivity index (χ4n) is 2.71. The van der Waals surface area contributed by atoms with Crippen molar-refractivity contribution in [2.45, 2.75) is 0 Å². The molecular weight excluding hydrogens is 354 g/mol. The predicted molar refractivity (Wildman–Crippen MR) is 116 cm³/mol. The molecule has 0 saturated carbocycles. The van der Waals surface area contributed by atoms with Crippen LogP contribution in [0.3, 0.4) is 0 Å². The third-order valence-electron chi connectivity index (χ3n) is 3.96. The number of anilines is 4. The van der Waals surface area contributed by atoms with E-state index in [-0.39, 0.29) is 0 Å². The molecule has 3 aromatic carbocycles. The summed E-state index contributed by atoms with van der Waals surface area (Å²) >= 11 is 5.41. The number of aromatic nitrogens is 2. The van der Waals surface area contributed by atoms with Crippen LogP contribution in [0.5, 0.6) is 0 Å². The Kier molecular flexibility index (Phi) is 4.89. The molecule has 0 spiro atoms. The Bertz CT molecular complexity index is 1070. The van der Waals surface area contributed by atoms with Crippen LogP contribution in [0.1, 0.15) is 0 Å². The molecule has 0 amide bonds. The van der Waals surface area contributed by atoms with Crippen molar-refractivity contribution in [2.75, 3.05) is 16.0 Å². The van der Waals surface area contributed by atoms with Crippen LogP contribution in [-0.4, -0.2) is 15.1 Å². The van der Waals surface area contributed by atoms with Crippen LogP contribution in [0.15, 0.2) is 85.2 Å². The summed E-state index contributed by atoms with van der Waals surface area (Å²) in [4.78, 5) is 8.74. The van der Waals surface area contributed by atoms with Crippen LogP contribution in [0.2, 0.25) is 0 Å². The minimum Gasteiger partial charge on any atom is -0.340 e. The summed E-state index contributed by atoms with van der Waals surface area (Å²) in [5.41, 5.74) is 3.63. The molecule has 5 nitrogen and oxygen atoms in total. The van der Waals surface area contributed by atoms with Crippen molar-refractivity contribution in [3.05, 3.63) is 85.2 Å². The Morgan fingerprint density at radius 1 is 0.704 bits per heavy atom. The molecule has 3 N–H and O–H groups in total. The second-order valence-electron chi connectivity index (χ2n) is 5.89. The lowest BCUT2D eigenvalue weighted by atomic mass is 10.2. The molecule has 0 saturated heterocycles. The smallest absolute Gasteiger partial charge is 0.175 e. The molecule has 0 radical (unpaired) electrons. The maximum absolute atomic E-state index is 5.41. The van der Waals surface area contributed by atoms with E-state index >= 15 is 0 Å². The summed E-state index contributed by atoms with van der Waals surface area (Å²) < 4.78 is 0. The number of fused-ring (bicyclic) bond motifs is 1. The first kappa shape index (κ1) is 16.9. The third-order valence-corrected chi connectivity index (χ3v) is 4.17. The zero-order valence-electron chi connectivity index (χ0n) is 14.4. The molecule has 0 aliphatic carbocycles. The molecular formula is C21H17N5S. The van der Waals surface area contributed by atoms with Gasteiger partial charge in [-0.2, -0.15) is 0 Å². The topological polar surface area (TPSA) is 61.9 Å². The van der Waals surface area contributed by atoms with Gasteiger partial charge in [0.15, 0.2) is 5.11 Å². The molecule has 1 heterocycles. The monoisotopic (exact) mass is 371 g/mol. The van der Waals surface area contributed by atoms with Crippen LogP contribution in [0.4, 0.5) is 22.9 Å². The highest BCUT2D eigenvalue weighted by Gasteiger charge is 2.06. The number of thiocarbonyl (C=S) groups is 1. The molecule has 4 rings (SSSR count). The molecule has 0 unspecified atom stereocenters. The Morgan fingerprint density at radius 3 is 2.11 bits per heavy atom. The van der Waals surface area contributed by atoms with E-state index in [9.17, 15) is 0 Å². The lowest BCUT2D eigenvalue weighted by molar-refractivity contribution is 1.22. The average Bonchev–Trinajstić information content (AvgIpc) is 2.70. The maximum Gasteiger partial charge on any atom is 0.175 e. The number of hydrogen-bond acceptors (Lipinski definition) is 4. The van der Waals surface area contributed by atoms with Gasteiger partial charge in [-0.05, 0) is 54.7 Å². The van der Waals surface area contributed by atoms with Crippen molar-refractivity contribution in [1.29, 1.82) is 0 Å². The van der Waals surface area contributed by atoms with E-state index < -0.39 is 0 Å². The fourth-order valence-corrected chi connectivity index (χ4v) is 2.94. The summed E-state index contributed by atoms with van der Waals surface area (Å²) in [6, 6.07) is 25.6. The Balaban J connectivity index is 1.57. The fraction of sp³-hybridized carbons (Fsp3) is 0. The van der Waals surface area contributed by atoms with Crippen LogP contribution < -0.4 is 16.0 Å². The quantitative estimate of drug-likeness (QED) is 0.430. The molecule has 27 heavy (non-hydrogen) atoms. The molecule has 132 valence electrons. The van der Waals surface area contributed by atoms with Gasteiger partial charge in [0.1, 0.15) is 12.1 Å². The van der Waals surface area contributed by atoms with Crippen molar-refractivity contribution < 1.29 is 0 Å². The van der Waals surface area contributed by atoms with Crippen LogP contribution in [-0.2, 0) is 0 Å². The minimum atomic E-state index is 0.523. The normalized spacial score (nSPS) is 10.4. The average molecular weight is 371 g/mol. The summed E-state index contributed by atoms with van der Waals surface area (Å²) in [6.07, 6.45) is 1.56. The summed E-state index contributed by atoms with van der Waals surface area (Å²) in [5.74, 6) is 0.747. The van der Waals surface area contributed by atoms with Gasteiger partial charge >= 0.3 is 0 Å². The number of nitrogens with one attached hydrogen (secondary N) is 3. The third kappa shape index (κ3) is 4.19. The number of rotatable bonds is 4. The van der Waals surface area contributed by atoms with Crippen LogP contribution >= 0.6 is 12.2 Å². The van der Waals surface area contributed by atoms with E-state index in [2.05, 4.69) is 25.9 Å². The van der Waals surface area contributed by atoms with Gasteiger partial charge in [-0.3, -0.25) is 0 Å². The first-order chi connectivity index (χ1) is 13.3. The van der Waals surface area contributed by atoms with Crippen molar-refractivity contribution in [3.63, 3.8) is 0 Å². The lowest BCUT2D eigenvalue weighted by Gasteiger charge is -2.12. The highest BCUT2D eigenvalue weighted by molar-refractivity contribution is 7.80. The van der Waals surface area contributed by atoms with Crippen molar-refractivity contribution in [1.82, 2.24) is 9.97 Å². The van der Waals surface area contributed by atoms with E-state index in [1.807, 2.05) is 78.9 Å². The highest BCUT2D eigenvalue weighted by Crippen LogP contribution is 2.25. The first-order valence-corrected chi connectivity index (χ1v) is 8.89. The second kappa shape index (κ2) is 7.80. The van der Waals surface area contributed by atoms with Crippen molar-refractivity contribution in [3.8, 4) is 0 Å². The minimum absolute atomic E-state index is 0.523. The van der Waals surface area contributed by atoms with Gasteiger partial charge in [0.2, 0.25) is 0 Å².